The number of aromatic nitrogens is 2. The zero-order chi connectivity index (χ0) is 22.6. The van der Waals surface area contributed by atoms with E-state index in [0.29, 0.717) is 22.9 Å². The highest BCUT2D eigenvalue weighted by molar-refractivity contribution is 7.92. The van der Waals surface area contributed by atoms with Crippen LogP contribution in [-0.2, 0) is 16.4 Å². The Morgan fingerprint density at radius 3 is 2.55 bits per heavy atom. The van der Waals surface area contributed by atoms with Gasteiger partial charge in [0.05, 0.1) is 22.0 Å². The molecule has 3 aromatic rings. The summed E-state index contributed by atoms with van der Waals surface area (Å²) < 4.78 is 41.0. The molecule has 0 spiro atoms. The van der Waals surface area contributed by atoms with Gasteiger partial charge in [0.25, 0.3) is 0 Å². The monoisotopic (exact) mass is 504 g/mol. The molecule has 0 fully saturated rings. The average Bonchev–Trinajstić information content (AvgIpc) is 3.12. The van der Waals surface area contributed by atoms with Gasteiger partial charge in [0.2, 0.25) is 15.2 Å². The molecule has 1 heterocycles. The molecule has 0 aliphatic heterocycles. The van der Waals surface area contributed by atoms with E-state index in [-0.39, 0.29) is 27.2 Å². The van der Waals surface area contributed by atoms with E-state index in [0.717, 1.165) is 5.56 Å². The van der Waals surface area contributed by atoms with Gasteiger partial charge in [0.1, 0.15) is 5.01 Å². The quantitative estimate of drug-likeness (QED) is 0.360. The van der Waals surface area contributed by atoms with Crippen LogP contribution >= 0.6 is 34.5 Å². The standard InChI is InChI=1S/C19H19Cl2FN4O3S2/c1-2-9-31(28,29)26-14-8-7-13(21)16(17(14)22)18(27)23-19-25-24-15(30-19)10-11-3-5-12(20)6-4-11/h3-8,18,26-27H,2,9-10H2,1H3,(H,23,25). The average molecular weight is 505 g/mol. The number of halogens is 3. The molecule has 31 heavy (non-hydrogen) atoms. The molecule has 0 saturated carbocycles. The summed E-state index contributed by atoms with van der Waals surface area (Å²) in [5.41, 5.74) is 0.385. The van der Waals surface area contributed by atoms with E-state index in [4.69, 9.17) is 23.2 Å². The van der Waals surface area contributed by atoms with Crippen molar-refractivity contribution in [3.05, 3.63) is 68.4 Å². The topological polar surface area (TPSA) is 104 Å². The van der Waals surface area contributed by atoms with Crippen LogP contribution in [0.5, 0.6) is 0 Å². The Kier molecular flexibility index (Phi) is 7.71. The molecule has 7 nitrogen and oxygen atoms in total. The number of anilines is 2. The summed E-state index contributed by atoms with van der Waals surface area (Å²) in [6.07, 6.45) is -0.688. The highest BCUT2D eigenvalue weighted by Crippen LogP contribution is 2.32. The number of aliphatic hydroxyl groups excluding tert-OH is 1. The van der Waals surface area contributed by atoms with Crippen LogP contribution in [0, 0.1) is 5.82 Å². The lowest BCUT2D eigenvalue weighted by atomic mass is 10.1. The van der Waals surface area contributed by atoms with Crippen molar-refractivity contribution in [1.29, 1.82) is 0 Å². The third-order valence-electron chi connectivity index (χ3n) is 4.13. The zero-order valence-corrected chi connectivity index (χ0v) is 19.4. The van der Waals surface area contributed by atoms with Gasteiger partial charge in [0, 0.05) is 11.4 Å². The summed E-state index contributed by atoms with van der Waals surface area (Å²) in [5.74, 6) is -1.13. The van der Waals surface area contributed by atoms with Crippen LogP contribution in [0.25, 0.3) is 0 Å². The summed E-state index contributed by atoms with van der Waals surface area (Å²) >= 11 is 13.1. The lowest BCUT2D eigenvalue weighted by molar-refractivity contribution is 0.203. The first-order chi connectivity index (χ1) is 14.7. The van der Waals surface area contributed by atoms with Crippen LogP contribution in [0.15, 0.2) is 36.4 Å². The molecule has 0 aliphatic rings. The number of nitrogens with one attached hydrogen (secondary N) is 2. The second-order valence-electron chi connectivity index (χ2n) is 6.59. The third kappa shape index (κ3) is 6.27. The number of hydrogen-bond acceptors (Lipinski definition) is 7. The number of hydrogen-bond donors (Lipinski definition) is 3. The highest BCUT2D eigenvalue weighted by Gasteiger charge is 2.23. The van der Waals surface area contributed by atoms with Gasteiger partial charge in [-0.3, -0.25) is 4.72 Å². The van der Waals surface area contributed by atoms with Crippen LogP contribution in [0.3, 0.4) is 0 Å². The van der Waals surface area contributed by atoms with Gasteiger partial charge in [-0.1, -0.05) is 53.6 Å². The van der Waals surface area contributed by atoms with Gasteiger partial charge in [-0.05, 0) is 36.2 Å². The SMILES string of the molecule is CCCS(=O)(=O)Nc1ccc(Cl)c(C(O)Nc2nnc(Cc3ccc(Cl)cc3)s2)c1F. The van der Waals surface area contributed by atoms with Gasteiger partial charge < -0.3 is 10.4 Å². The molecule has 0 bridgehead atoms. The molecular weight excluding hydrogens is 486 g/mol. The first kappa shape index (κ1) is 23.7. The first-order valence-electron chi connectivity index (χ1n) is 9.18. The molecule has 0 saturated heterocycles. The van der Waals surface area contributed by atoms with Gasteiger partial charge in [-0.15, -0.1) is 10.2 Å². The minimum Gasteiger partial charge on any atom is -0.369 e. The molecule has 0 radical (unpaired) electrons. The normalized spacial score (nSPS) is 12.5. The van der Waals surface area contributed by atoms with Gasteiger partial charge in [0.15, 0.2) is 12.0 Å². The predicted octanol–water partition coefficient (Wildman–Crippen LogP) is 4.83. The Morgan fingerprint density at radius 2 is 1.87 bits per heavy atom. The fraction of sp³-hybridized carbons (Fsp3) is 0.263. The smallest absolute Gasteiger partial charge is 0.232 e. The molecule has 2 aromatic carbocycles. The number of benzene rings is 2. The van der Waals surface area contributed by atoms with Crippen LogP contribution in [0.2, 0.25) is 10.0 Å². The van der Waals surface area contributed by atoms with Crippen molar-refractivity contribution in [2.75, 3.05) is 15.8 Å². The number of sulfonamides is 1. The molecule has 0 aliphatic carbocycles. The van der Waals surface area contributed by atoms with Crippen molar-refractivity contribution in [2.24, 2.45) is 0 Å². The Bertz CT molecular complexity index is 1160. The Hall–Kier alpha value is -1.98. The lowest BCUT2D eigenvalue weighted by Gasteiger charge is -2.17. The summed E-state index contributed by atoms with van der Waals surface area (Å²) in [6, 6.07) is 9.79. The van der Waals surface area contributed by atoms with Crippen molar-refractivity contribution < 1.29 is 17.9 Å². The van der Waals surface area contributed by atoms with Crippen molar-refractivity contribution in [2.45, 2.75) is 26.0 Å². The van der Waals surface area contributed by atoms with Crippen molar-refractivity contribution in [3.63, 3.8) is 0 Å². The Morgan fingerprint density at radius 1 is 1.16 bits per heavy atom. The molecule has 1 unspecified atom stereocenters. The van der Waals surface area contributed by atoms with E-state index >= 15 is 0 Å². The van der Waals surface area contributed by atoms with E-state index in [9.17, 15) is 17.9 Å². The van der Waals surface area contributed by atoms with Crippen LogP contribution in [-0.4, -0.2) is 29.5 Å². The van der Waals surface area contributed by atoms with E-state index in [1.165, 1.54) is 23.5 Å². The minimum absolute atomic E-state index is 0.0677. The second kappa shape index (κ2) is 10.1. The molecule has 0 amide bonds. The Labute approximate surface area is 193 Å². The Balaban J connectivity index is 1.76. The third-order valence-corrected chi connectivity index (χ3v) is 7.05. The van der Waals surface area contributed by atoms with Crippen molar-refractivity contribution in [1.82, 2.24) is 10.2 Å². The zero-order valence-electron chi connectivity index (χ0n) is 16.3. The lowest BCUT2D eigenvalue weighted by Crippen LogP contribution is -2.19. The molecular formula is C19H19Cl2FN4O3S2. The number of aliphatic hydroxyl groups is 1. The maximum absolute atomic E-state index is 14.9. The predicted molar refractivity (Wildman–Crippen MR) is 122 cm³/mol. The summed E-state index contributed by atoms with van der Waals surface area (Å²) in [4.78, 5) is 0. The molecule has 1 aromatic heterocycles. The fourth-order valence-electron chi connectivity index (χ4n) is 2.74. The van der Waals surface area contributed by atoms with E-state index in [2.05, 4.69) is 20.2 Å². The van der Waals surface area contributed by atoms with Crippen LogP contribution in [0.1, 0.15) is 35.7 Å². The largest absolute Gasteiger partial charge is 0.369 e. The maximum Gasteiger partial charge on any atom is 0.232 e. The van der Waals surface area contributed by atoms with Gasteiger partial charge in [-0.2, -0.15) is 0 Å². The second-order valence-corrected chi connectivity index (χ2v) is 10.3. The summed E-state index contributed by atoms with van der Waals surface area (Å²) in [6.45, 7) is 1.69. The van der Waals surface area contributed by atoms with E-state index < -0.39 is 22.1 Å². The fourth-order valence-corrected chi connectivity index (χ4v) is 5.04. The summed E-state index contributed by atoms with van der Waals surface area (Å²) in [7, 11) is -3.71. The first-order valence-corrected chi connectivity index (χ1v) is 12.4. The molecule has 166 valence electrons. The van der Waals surface area contributed by atoms with Crippen LogP contribution in [0.4, 0.5) is 15.2 Å². The van der Waals surface area contributed by atoms with E-state index in [1.54, 1.807) is 19.1 Å². The molecule has 1 atom stereocenters. The van der Waals surface area contributed by atoms with Crippen molar-refractivity contribution in [3.8, 4) is 0 Å². The summed E-state index contributed by atoms with van der Waals surface area (Å²) in [5, 5.41) is 22.6. The molecule has 3 N–H and O–H groups in total. The number of rotatable bonds is 9. The number of nitrogens with zero attached hydrogens (tertiary/aromatic N) is 2. The minimum atomic E-state index is -3.71. The van der Waals surface area contributed by atoms with Gasteiger partial charge in [-0.25, -0.2) is 12.8 Å². The van der Waals surface area contributed by atoms with Gasteiger partial charge >= 0.3 is 0 Å². The molecule has 12 heteroatoms. The van der Waals surface area contributed by atoms with E-state index in [1.807, 2.05) is 12.1 Å². The van der Waals surface area contributed by atoms with Crippen molar-refractivity contribution >= 4 is 55.4 Å². The molecule has 3 rings (SSSR count). The van der Waals surface area contributed by atoms with Crippen LogP contribution < -0.4 is 10.0 Å². The highest BCUT2D eigenvalue weighted by atomic mass is 35.5. The maximum atomic E-state index is 14.9.